The number of fused-ring (bicyclic) bond motifs is 2. The first kappa shape index (κ1) is 13.2. The van der Waals surface area contributed by atoms with Crippen molar-refractivity contribution in [3.63, 3.8) is 0 Å². The third-order valence-electron chi connectivity index (χ3n) is 4.06. The van der Waals surface area contributed by atoms with Gasteiger partial charge < -0.3 is 4.74 Å². The lowest BCUT2D eigenvalue weighted by molar-refractivity contribution is 0.463. The zero-order chi connectivity index (χ0) is 13.6. The summed E-state index contributed by atoms with van der Waals surface area (Å²) in [6.07, 6.45) is 8.79. The molecule has 0 aromatic heterocycles. The molecule has 1 nitrogen and oxygen atoms in total. The van der Waals surface area contributed by atoms with Gasteiger partial charge in [0.25, 0.3) is 0 Å². The van der Waals surface area contributed by atoms with Crippen LogP contribution in [0.2, 0.25) is 0 Å². The molecular formula is C19H22O. The predicted molar refractivity (Wildman–Crippen MR) is 83.5 cm³/mol. The summed E-state index contributed by atoms with van der Waals surface area (Å²) in [5, 5.41) is 0. The number of para-hydroxylation sites is 2. The van der Waals surface area contributed by atoms with Crippen molar-refractivity contribution in [2.24, 2.45) is 0 Å². The van der Waals surface area contributed by atoms with E-state index >= 15 is 0 Å². The summed E-state index contributed by atoms with van der Waals surface area (Å²) in [5.74, 6) is 2.06. The lowest BCUT2D eigenvalue weighted by Gasteiger charge is -2.15. The quantitative estimate of drug-likeness (QED) is 0.609. The Morgan fingerprint density at radius 3 is 1.55 bits per heavy atom. The molecule has 2 aromatic rings. The largest absolute Gasteiger partial charge is 0.457 e. The maximum atomic E-state index is 6.21. The molecular weight excluding hydrogens is 244 g/mol. The summed E-state index contributed by atoms with van der Waals surface area (Å²) < 4.78 is 6.21. The lowest BCUT2D eigenvalue weighted by atomic mass is 10.0. The Balaban J connectivity index is 1.93. The maximum Gasteiger partial charge on any atom is 0.130 e. The van der Waals surface area contributed by atoms with E-state index < -0.39 is 0 Å². The molecule has 1 heteroatoms. The van der Waals surface area contributed by atoms with E-state index in [2.05, 4.69) is 48.5 Å². The Bertz CT molecular complexity index is 510. The Hall–Kier alpha value is -1.76. The van der Waals surface area contributed by atoms with E-state index in [9.17, 15) is 0 Å². The van der Waals surface area contributed by atoms with Crippen molar-refractivity contribution < 1.29 is 4.74 Å². The summed E-state index contributed by atoms with van der Waals surface area (Å²) in [7, 11) is 0. The van der Waals surface area contributed by atoms with Crippen LogP contribution in [-0.2, 0) is 12.8 Å². The predicted octanol–water partition coefficient (Wildman–Crippen LogP) is 5.53. The van der Waals surface area contributed by atoms with Gasteiger partial charge >= 0.3 is 0 Å². The first-order valence-electron chi connectivity index (χ1n) is 7.77. The fourth-order valence-corrected chi connectivity index (χ4v) is 2.90. The van der Waals surface area contributed by atoms with Gasteiger partial charge in [0.05, 0.1) is 0 Å². The molecule has 0 amide bonds. The van der Waals surface area contributed by atoms with Crippen molar-refractivity contribution in [3.8, 4) is 11.5 Å². The molecule has 2 aromatic carbocycles. The average molecular weight is 266 g/mol. The summed E-state index contributed by atoms with van der Waals surface area (Å²) in [6, 6.07) is 16.9. The second-order valence-corrected chi connectivity index (χ2v) is 5.59. The first-order chi connectivity index (χ1) is 9.93. The van der Waals surface area contributed by atoms with Crippen molar-refractivity contribution in [2.75, 3.05) is 0 Å². The van der Waals surface area contributed by atoms with Gasteiger partial charge in [0.1, 0.15) is 11.5 Å². The van der Waals surface area contributed by atoms with E-state index in [0.717, 1.165) is 24.3 Å². The molecule has 0 radical (unpaired) electrons. The molecule has 0 bridgehead atoms. The molecule has 1 aliphatic heterocycles. The Labute approximate surface area is 121 Å². The minimum absolute atomic E-state index is 1.03. The van der Waals surface area contributed by atoms with E-state index in [1.165, 1.54) is 43.2 Å². The smallest absolute Gasteiger partial charge is 0.130 e. The minimum Gasteiger partial charge on any atom is -0.457 e. The normalized spacial score (nSPS) is 16.0. The lowest BCUT2D eigenvalue weighted by Crippen LogP contribution is -1.97. The maximum absolute atomic E-state index is 6.21. The Morgan fingerprint density at radius 2 is 1.00 bits per heavy atom. The highest BCUT2D eigenvalue weighted by Crippen LogP contribution is 2.30. The topological polar surface area (TPSA) is 9.23 Å². The number of aryl methyl sites for hydroxylation is 2. The molecule has 0 aliphatic carbocycles. The van der Waals surface area contributed by atoms with Gasteiger partial charge in [-0.3, -0.25) is 0 Å². The molecule has 1 aliphatic rings. The van der Waals surface area contributed by atoms with Crippen LogP contribution in [-0.4, -0.2) is 0 Å². The second kappa shape index (κ2) is 6.60. The monoisotopic (exact) mass is 266 g/mol. The van der Waals surface area contributed by atoms with E-state index in [0.29, 0.717) is 0 Å². The summed E-state index contributed by atoms with van der Waals surface area (Å²) >= 11 is 0. The molecule has 0 unspecified atom stereocenters. The van der Waals surface area contributed by atoms with Crippen LogP contribution in [0.15, 0.2) is 48.5 Å². The number of hydrogen-bond acceptors (Lipinski definition) is 1. The van der Waals surface area contributed by atoms with Crippen LogP contribution in [0.1, 0.15) is 43.2 Å². The third kappa shape index (κ3) is 3.22. The summed E-state index contributed by atoms with van der Waals surface area (Å²) in [4.78, 5) is 0. The summed E-state index contributed by atoms with van der Waals surface area (Å²) in [6.45, 7) is 0. The zero-order valence-electron chi connectivity index (χ0n) is 12.0. The van der Waals surface area contributed by atoms with Crippen LogP contribution in [0.3, 0.4) is 0 Å². The fourth-order valence-electron chi connectivity index (χ4n) is 2.90. The summed E-state index contributed by atoms with van der Waals surface area (Å²) in [5.41, 5.74) is 2.67. The highest BCUT2D eigenvalue weighted by Gasteiger charge is 2.09. The van der Waals surface area contributed by atoms with E-state index in [1.807, 2.05) is 0 Å². The fraction of sp³-hybridized carbons (Fsp3) is 0.368. The second-order valence-electron chi connectivity index (χ2n) is 5.59. The molecule has 20 heavy (non-hydrogen) atoms. The van der Waals surface area contributed by atoms with Crippen LogP contribution in [0, 0.1) is 0 Å². The van der Waals surface area contributed by atoms with Crippen LogP contribution in [0.4, 0.5) is 0 Å². The van der Waals surface area contributed by atoms with Crippen molar-refractivity contribution in [2.45, 2.75) is 44.9 Å². The van der Waals surface area contributed by atoms with Crippen molar-refractivity contribution in [1.29, 1.82) is 0 Å². The number of rotatable bonds is 0. The van der Waals surface area contributed by atoms with Gasteiger partial charge in [0, 0.05) is 0 Å². The first-order valence-corrected chi connectivity index (χ1v) is 7.77. The van der Waals surface area contributed by atoms with Gasteiger partial charge in [0.2, 0.25) is 0 Å². The molecule has 104 valence electrons. The van der Waals surface area contributed by atoms with Crippen LogP contribution in [0.25, 0.3) is 0 Å². The molecule has 0 saturated heterocycles. The number of ether oxygens (including phenoxy) is 1. The third-order valence-corrected chi connectivity index (χ3v) is 4.06. The molecule has 1 heterocycles. The van der Waals surface area contributed by atoms with Gasteiger partial charge in [-0.05, 0) is 48.9 Å². The molecule has 0 N–H and O–H groups in total. The molecule has 0 saturated carbocycles. The molecule has 0 fully saturated rings. The van der Waals surface area contributed by atoms with Crippen LogP contribution < -0.4 is 4.74 Å². The highest BCUT2D eigenvalue weighted by atomic mass is 16.5. The van der Waals surface area contributed by atoms with Crippen molar-refractivity contribution in [3.05, 3.63) is 59.7 Å². The highest BCUT2D eigenvalue weighted by molar-refractivity contribution is 5.41. The van der Waals surface area contributed by atoms with Gasteiger partial charge in [-0.25, -0.2) is 0 Å². The number of benzene rings is 2. The molecule has 3 rings (SSSR count). The average Bonchev–Trinajstić information content (AvgIpc) is 2.48. The molecule has 0 spiro atoms. The Morgan fingerprint density at radius 1 is 0.550 bits per heavy atom. The molecule has 0 atom stereocenters. The van der Waals surface area contributed by atoms with E-state index in [4.69, 9.17) is 4.74 Å². The van der Waals surface area contributed by atoms with Gasteiger partial charge in [0.15, 0.2) is 0 Å². The van der Waals surface area contributed by atoms with Gasteiger partial charge in [-0.2, -0.15) is 0 Å². The van der Waals surface area contributed by atoms with Crippen LogP contribution in [0.5, 0.6) is 11.5 Å². The standard InChI is InChI=1S/C19H22O/c1-2-4-10-16-12-6-8-14-18(16)20-19-15-9-7-13-17(19)11-5-3-1/h6-9,12-15H,1-5,10-11H2. The minimum atomic E-state index is 1.03. The number of hydrogen-bond donors (Lipinski definition) is 0. The van der Waals surface area contributed by atoms with E-state index in [1.54, 1.807) is 0 Å². The van der Waals surface area contributed by atoms with Crippen molar-refractivity contribution >= 4 is 0 Å². The van der Waals surface area contributed by atoms with Crippen molar-refractivity contribution in [1.82, 2.24) is 0 Å². The van der Waals surface area contributed by atoms with Gasteiger partial charge in [-0.15, -0.1) is 0 Å². The van der Waals surface area contributed by atoms with Gasteiger partial charge in [-0.1, -0.05) is 55.7 Å². The van der Waals surface area contributed by atoms with E-state index in [-0.39, 0.29) is 0 Å². The Kier molecular flexibility index (Phi) is 4.37. The van der Waals surface area contributed by atoms with Crippen LogP contribution >= 0.6 is 0 Å². The zero-order valence-corrected chi connectivity index (χ0v) is 12.0. The SMILES string of the molecule is c1ccc2c(c1)CCCCCCCc1ccccc1O2.